The Morgan fingerprint density at radius 3 is 2.67 bits per heavy atom. The van der Waals surface area contributed by atoms with Crippen molar-refractivity contribution in [1.29, 1.82) is 0 Å². The molecule has 182 valence electrons. The second-order valence-corrected chi connectivity index (χ2v) is 8.86. The molecule has 8 nitrogen and oxygen atoms in total. The molecule has 1 aliphatic heterocycles. The number of nitro benzene ring substituents is 1. The Hall–Kier alpha value is -4.24. The fourth-order valence-electron chi connectivity index (χ4n) is 4.43. The number of rotatable bonds is 9. The third-order valence-corrected chi connectivity index (χ3v) is 6.49. The van der Waals surface area contributed by atoms with Crippen LogP contribution >= 0.6 is 12.2 Å². The molecule has 0 bridgehead atoms. The number of hydrogen-bond acceptors (Lipinski definition) is 6. The lowest BCUT2D eigenvalue weighted by Crippen LogP contribution is -2.31. The minimum atomic E-state index is -0.408. The molecule has 0 spiro atoms. The van der Waals surface area contributed by atoms with Gasteiger partial charge in [-0.25, -0.2) is 0 Å². The van der Waals surface area contributed by atoms with Gasteiger partial charge in [-0.15, -0.1) is 0 Å². The molecule has 2 aromatic heterocycles. The molecule has 2 atom stereocenters. The van der Waals surface area contributed by atoms with Crippen LogP contribution in [0.2, 0.25) is 0 Å². The molecule has 0 saturated carbocycles. The Kier molecular flexibility index (Phi) is 6.90. The van der Waals surface area contributed by atoms with Crippen LogP contribution in [0.5, 0.6) is 0 Å². The quantitative estimate of drug-likeness (QED) is 0.131. The maximum absolute atomic E-state index is 11.2. The maximum atomic E-state index is 11.2. The predicted octanol–water partition coefficient (Wildman–Crippen LogP) is 5.72. The Morgan fingerprint density at radius 2 is 1.89 bits per heavy atom. The lowest BCUT2D eigenvalue weighted by molar-refractivity contribution is -0.384. The first-order valence-corrected chi connectivity index (χ1v) is 12.1. The summed E-state index contributed by atoms with van der Waals surface area (Å²) in [4.78, 5) is 17.5. The van der Waals surface area contributed by atoms with Crippen molar-refractivity contribution in [3.63, 3.8) is 0 Å². The summed E-state index contributed by atoms with van der Waals surface area (Å²) in [5.74, 6) is 1.28. The summed E-state index contributed by atoms with van der Waals surface area (Å²) in [5.41, 5.74) is 2.61. The first-order valence-electron chi connectivity index (χ1n) is 11.7. The average molecular weight is 500 g/mol. The van der Waals surface area contributed by atoms with Crippen LogP contribution in [0, 0.1) is 10.1 Å². The van der Waals surface area contributed by atoms with E-state index in [1.54, 1.807) is 18.3 Å². The van der Waals surface area contributed by atoms with Gasteiger partial charge in [0.05, 0.1) is 16.7 Å². The van der Waals surface area contributed by atoms with E-state index in [1.165, 1.54) is 12.1 Å². The largest absolute Gasteiger partial charge is 0.459 e. The third kappa shape index (κ3) is 5.06. The van der Waals surface area contributed by atoms with Crippen LogP contribution in [0.15, 0.2) is 95.5 Å². The number of non-ortho nitro benzene ring substituents is 1. The molecular formula is C27H25N5O3S. The van der Waals surface area contributed by atoms with Gasteiger partial charge < -0.3 is 20.0 Å². The summed E-state index contributed by atoms with van der Waals surface area (Å²) in [6.07, 6.45) is 2.63. The van der Waals surface area contributed by atoms with Crippen LogP contribution < -0.4 is 10.6 Å². The van der Waals surface area contributed by atoms with Crippen LogP contribution in [-0.2, 0) is 0 Å². The molecule has 5 rings (SSSR count). The van der Waals surface area contributed by atoms with Gasteiger partial charge in [-0.3, -0.25) is 15.1 Å². The molecular weight excluding hydrogens is 474 g/mol. The number of pyridine rings is 1. The van der Waals surface area contributed by atoms with Crippen LogP contribution in [0.4, 0.5) is 11.4 Å². The van der Waals surface area contributed by atoms with Crippen molar-refractivity contribution < 1.29 is 9.34 Å². The molecule has 0 amide bonds. The lowest BCUT2D eigenvalue weighted by atomic mass is 10.0. The highest BCUT2D eigenvalue weighted by Crippen LogP contribution is 2.40. The van der Waals surface area contributed by atoms with E-state index >= 15 is 0 Å². The van der Waals surface area contributed by atoms with Crippen LogP contribution in [0.1, 0.15) is 30.0 Å². The molecule has 36 heavy (non-hydrogen) atoms. The van der Waals surface area contributed by atoms with E-state index in [9.17, 15) is 10.1 Å². The number of thiocarbonyl (C=S) groups is 1. The van der Waals surface area contributed by atoms with Gasteiger partial charge in [-0.2, -0.15) is 0 Å². The molecule has 2 N–H and O–H groups in total. The van der Waals surface area contributed by atoms with E-state index in [0.29, 0.717) is 23.0 Å². The van der Waals surface area contributed by atoms with Gasteiger partial charge in [0.25, 0.3) is 5.69 Å². The Bertz CT molecular complexity index is 1350. The van der Waals surface area contributed by atoms with Crippen LogP contribution in [0.25, 0.3) is 11.3 Å². The molecule has 9 heteroatoms. The lowest BCUT2D eigenvalue weighted by Gasteiger charge is -2.26. The topological polar surface area (TPSA) is 96.5 Å². The number of furan rings is 1. The molecule has 3 heterocycles. The summed E-state index contributed by atoms with van der Waals surface area (Å²) in [7, 11) is 0. The first kappa shape index (κ1) is 23.5. The van der Waals surface area contributed by atoms with Crippen molar-refractivity contribution in [3.8, 4) is 11.3 Å². The van der Waals surface area contributed by atoms with Crippen molar-refractivity contribution >= 4 is 28.7 Å². The number of nitro groups is 1. The standard InChI is InChI=1S/C27H25N5O3S/c33-32(34)21-11-6-8-19(18-21)23-13-14-24(35-23)26-25(22-12-4-5-15-29-22)30-27(36)31(26)17-7-16-28-20-9-2-1-3-10-20/h1-6,8-15,18,25-26,28H,7,16-17H2,(H,30,36)/t25-,26-/m1/s1. The second kappa shape index (κ2) is 10.6. The fraction of sp³-hybridized carbons (Fsp3) is 0.185. The fourth-order valence-corrected chi connectivity index (χ4v) is 4.76. The number of para-hydroxylation sites is 1. The molecule has 0 unspecified atom stereocenters. The number of nitrogens with one attached hydrogen (secondary N) is 2. The number of anilines is 1. The molecule has 1 fully saturated rings. The van der Waals surface area contributed by atoms with E-state index in [2.05, 4.69) is 20.5 Å². The minimum absolute atomic E-state index is 0.0214. The van der Waals surface area contributed by atoms with Gasteiger partial charge in [0, 0.05) is 42.7 Å². The summed E-state index contributed by atoms with van der Waals surface area (Å²) in [5, 5.41) is 18.7. The minimum Gasteiger partial charge on any atom is -0.459 e. The van der Waals surface area contributed by atoms with Crippen molar-refractivity contribution in [3.05, 3.63) is 113 Å². The summed E-state index contributed by atoms with van der Waals surface area (Å²) in [6, 6.07) is 25.7. The summed E-state index contributed by atoms with van der Waals surface area (Å²) < 4.78 is 6.29. The molecule has 1 aliphatic rings. The molecule has 2 aromatic carbocycles. The van der Waals surface area contributed by atoms with E-state index in [4.69, 9.17) is 16.6 Å². The van der Waals surface area contributed by atoms with Crippen molar-refractivity contribution in [1.82, 2.24) is 15.2 Å². The van der Waals surface area contributed by atoms with Crippen LogP contribution in [-0.4, -0.2) is 33.0 Å². The van der Waals surface area contributed by atoms with Gasteiger partial charge in [0.15, 0.2) is 5.11 Å². The Labute approximate surface area is 214 Å². The summed E-state index contributed by atoms with van der Waals surface area (Å²) in [6.45, 7) is 1.51. The zero-order chi connectivity index (χ0) is 24.9. The smallest absolute Gasteiger partial charge is 0.270 e. The van der Waals surface area contributed by atoms with Gasteiger partial charge in [-0.1, -0.05) is 36.4 Å². The highest BCUT2D eigenvalue weighted by Gasteiger charge is 2.41. The first-order chi connectivity index (χ1) is 17.6. The Balaban J connectivity index is 1.39. The van der Waals surface area contributed by atoms with Crippen LogP contribution in [0.3, 0.4) is 0 Å². The highest BCUT2D eigenvalue weighted by molar-refractivity contribution is 7.80. The van der Waals surface area contributed by atoms with E-state index in [0.717, 1.165) is 30.1 Å². The predicted molar refractivity (Wildman–Crippen MR) is 143 cm³/mol. The van der Waals surface area contributed by atoms with E-state index < -0.39 is 4.92 Å². The molecule has 0 radical (unpaired) electrons. The van der Waals surface area contributed by atoms with Gasteiger partial charge >= 0.3 is 0 Å². The van der Waals surface area contributed by atoms with Crippen molar-refractivity contribution in [2.75, 3.05) is 18.4 Å². The van der Waals surface area contributed by atoms with E-state index in [-0.39, 0.29) is 17.8 Å². The maximum Gasteiger partial charge on any atom is 0.270 e. The van der Waals surface area contributed by atoms with Gasteiger partial charge in [0.1, 0.15) is 17.6 Å². The van der Waals surface area contributed by atoms with E-state index in [1.807, 2.05) is 60.7 Å². The normalized spacial score (nSPS) is 17.1. The zero-order valence-corrected chi connectivity index (χ0v) is 20.2. The SMILES string of the molecule is O=[N+]([O-])c1cccc(-c2ccc([C@@H]3[C@@H](c4ccccn4)NC(=S)N3CCCNc3ccccc3)o2)c1. The number of nitrogens with zero attached hydrogens (tertiary/aromatic N) is 3. The molecule has 1 saturated heterocycles. The summed E-state index contributed by atoms with van der Waals surface area (Å²) >= 11 is 5.73. The van der Waals surface area contributed by atoms with Crippen molar-refractivity contribution in [2.45, 2.75) is 18.5 Å². The highest BCUT2D eigenvalue weighted by atomic mass is 32.1. The molecule has 4 aromatic rings. The Morgan fingerprint density at radius 1 is 1.06 bits per heavy atom. The van der Waals surface area contributed by atoms with Gasteiger partial charge in [0.2, 0.25) is 0 Å². The third-order valence-electron chi connectivity index (χ3n) is 6.14. The average Bonchev–Trinajstić information content (AvgIpc) is 3.52. The number of benzene rings is 2. The number of hydrogen-bond donors (Lipinski definition) is 2. The number of aromatic nitrogens is 1. The van der Waals surface area contributed by atoms with Gasteiger partial charge in [-0.05, 0) is 55.0 Å². The van der Waals surface area contributed by atoms with Crippen molar-refractivity contribution in [2.24, 2.45) is 0 Å². The second-order valence-electron chi connectivity index (χ2n) is 8.48. The molecule has 0 aliphatic carbocycles. The zero-order valence-electron chi connectivity index (χ0n) is 19.4. The monoisotopic (exact) mass is 499 g/mol.